The molecule has 6 nitrogen and oxygen atoms in total. The number of aryl methyl sites for hydroxylation is 3. The molecule has 2 rings (SSSR count). The normalized spacial score (nSPS) is 10.4. The summed E-state index contributed by atoms with van der Waals surface area (Å²) >= 11 is 0. The molecule has 1 aromatic carbocycles. The average molecular weight is 314 g/mol. The number of carboxylic acid groups (broad SMARTS) is 1. The summed E-state index contributed by atoms with van der Waals surface area (Å²) in [6.45, 7) is 5.28. The Morgan fingerprint density at radius 1 is 1.09 bits per heavy atom. The Balaban J connectivity index is 2.24. The minimum atomic E-state index is -1.10. The maximum absolute atomic E-state index is 12.2. The van der Waals surface area contributed by atoms with Crippen molar-refractivity contribution in [1.29, 1.82) is 0 Å². The lowest BCUT2D eigenvalue weighted by Crippen LogP contribution is -2.24. The van der Waals surface area contributed by atoms with Crippen LogP contribution in [0.4, 0.5) is 5.69 Å². The molecule has 120 valence electrons. The number of hydrogen-bond donors (Lipinski definition) is 2. The molecule has 0 unspecified atom stereocenters. The highest BCUT2D eigenvalue weighted by molar-refractivity contribution is 6.00. The summed E-state index contributed by atoms with van der Waals surface area (Å²) in [5, 5.41) is 11.8. The summed E-state index contributed by atoms with van der Waals surface area (Å²) in [5.41, 5.74) is 2.34. The van der Waals surface area contributed by atoms with Gasteiger partial charge in [-0.3, -0.25) is 9.59 Å². The van der Waals surface area contributed by atoms with Crippen molar-refractivity contribution in [2.45, 2.75) is 27.3 Å². The van der Waals surface area contributed by atoms with Crippen molar-refractivity contribution in [2.75, 3.05) is 5.32 Å². The van der Waals surface area contributed by atoms with Gasteiger partial charge in [-0.25, -0.2) is 4.79 Å². The largest absolute Gasteiger partial charge is 0.478 e. The van der Waals surface area contributed by atoms with Gasteiger partial charge < -0.3 is 15.0 Å². The van der Waals surface area contributed by atoms with E-state index in [0.29, 0.717) is 11.4 Å². The number of carbonyl (C=O) groups excluding carboxylic acids is 1. The van der Waals surface area contributed by atoms with E-state index in [1.165, 1.54) is 18.2 Å². The molecular formula is C17H18N2O4. The van der Waals surface area contributed by atoms with Gasteiger partial charge in [-0.2, -0.15) is 0 Å². The topological polar surface area (TPSA) is 88.4 Å². The Labute approximate surface area is 133 Å². The molecule has 6 heteroatoms. The molecule has 2 N–H and O–H groups in total. The zero-order valence-electron chi connectivity index (χ0n) is 13.2. The van der Waals surface area contributed by atoms with E-state index in [-0.39, 0.29) is 29.1 Å². The molecule has 0 saturated heterocycles. The van der Waals surface area contributed by atoms with Gasteiger partial charge in [0.2, 0.25) is 5.91 Å². The van der Waals surface area contributed by atoms with Crippen LogP contribution < -0.4 is 10.7 Å². The summed E-state index contributed by atoms with van der Waals surface area (Å²) in [5.74, 6) is -1.45. The van der Waals surface area contributed by atoms with Crippen LogP contribution in [0.25, 0.3) is 0 Å². The van der Waals surface area contributed by atoms with Crippen molar-refractivity contribution in [2.24, 2.45) is 0 Å². The molecule has 23 heavy (non-hydrogen) atoms. The van der Waals surface area contributed by atoms with Crippen LogP contribution in [0.15, 0.2) is 35.1 Å². The van der Waals surface area contributed by atoms with E-state index in [9.17, 15) is 19.5 Å². The number of aromatic carboxylic acids is 1. The number of benzene rings is 1. The van der Waals surface area contributed by atoms with Gasteiger partial charge in [-0.1, -0.05) is 11.6 Å². The second-order valence-corrected chi connectivity index (χ2v) is 5.46. The van der Waals surface area contributed by atoms with E-state index in [1.54, 1.807) is 37.5 Å². The summed E-state index contributed by atoms with van der Waals surface area (Å²) in [7, 11) is 0. The quantitative estimate of drug-likeness (QED) is 0.904. The second kappa shape index (κ2) is 6.48. The maximum atomic E-state index is 12.2. The highest BCUT2D eigenvalue weighted by Gasteiger charge is 2.14. The molecule has 0 aliphatic carbocycles. The Hall–Kier alpha value is -2.89. The Morgan fingerprint density at radius 3 is 2.26 bits per heavy atom. The maximum Gasteiger partial charge on any atom is 0.337 e. The van der Waals surface area contributed by atoms with Crippen LogP contribution in [0.1, 0.15) is 27.3 Å². The number of rotatable bonds is 4. The highest BCUT2D eigenvalue weighted by Crippen LogP contribution is 2.17. The predicted octanol–water partition coefficient (Wildman–Crippen LogP) is 2.11. The summed E-state index contributed by atoms with van der Waals surface area (Å²) in [6, 6.07) is 7.72. The smallest absolute Gasteiger partial charge is 0.337 e. The number of nitrogens with zero attached hydrogens (tertiary/aromatic N) is 1. The first-order valence-electron chi connectivity index (χ1n) is 7.10. The van der Waals surface area contributed by atoms with Crippen molar-refractivity contribution < 1.29 is 14.7 Å². The van der Waals surface area contributed by atoms with Crippen LogP contribution >= 0.6 is 0 Å². The van der Waals surface area contributed by atoms with Gasteiger partial charge in [-0.05, 0) is 32.9 Å². The van der Waals surface area contributed by atoms with Crippen molar-refractivity contribution >= 4 is 17.6 Å². The molecule has 2 aromatic rings. The second-order valence-electron chi connectivity index (χ2n) is 5.46. The third-order valence-electron chi connectivity index (χ3n) is 3.54. The SMILES string of the molecule is Cc1ccc(NC(=O)Cn2c(C)cc(=O)cc2C)c(C(=O)O)c1. The van der Waals surface area contributed by atoms with E-state index in [2.05, 4.69) is 5.32 Å². The van der Waals surface area contributed by atoms with Crippen molar-refractivity contribution in [3.63, 3.8) is 0 Å². The standard InChI is InChI=1S/C17H18N2O4/c1-10-4-5-15(14(6-10)17(22)23)18-16(21)9-19-11(2)7-13(20)8-12(19)3/h4-8H,9H2,1-3H3,(H,18,21)(H,22,23). The average Bonchev–Trinajstić information content (AvgIpc) is 2.44. The number of aromatic nitrogens is 1. The third-order valence-corrected chi connectivity index (χ3v) is 3.54. The summed E-state index contributed by atoms with van der Waals surface area (Å²) in [6.07, 6.45) is 0. The van der Waals surface area contributed by atoms with Gasteiger partial charge in [-0.15, -0.1) is 0 Å². The van der Waals surface area contributed by atoms with E-state index in [4.69, 9.17) is 0 Å². The van der Waals surface area contributed by atoms with Crippen molar-refractivity contribution in [1.82, 2.24) is 4.57 Å². The molecule has 0 fully saturated rings. The number of hydrogen-bond acceptors (Lipinski definition) is 3. The molecule has 1 amide bonds. The van der Waals surface area contributed by atoms with E-state index >= 15 is 0 Å². The minimum Gasteiger partial charge on any atom is -0.478 e. The Morgan fingerprint density at radius 2 is 1.70 bits per heavy atom. The Kier molecular flexibility index (Phi) is 4.64. The highest BCUT2D eigenvalue weighted by atomic mass is 16.4. The molecule has 0 spiro atoms. The number of anilines is 1. The summed E-state index contributed by atoms with van der Waals surface area (Å²) in [4.78, 5) is 34.9. The number of pyridine rings is 1. The van der Waals surface area contributed by atoms with Gasteiger partial charge in [0, 0.05) is 23.5 Å². The fraction of sp³-hybridized carbons (Fsp3) is 0.235. The monoisotopic (exact) mass is 314 g/mol. The number of amides is 1. The van der Waals surface area contributed by atoms with Crippen LogP contribution in [0.5, 0.6) is 0 Å². The van der Waals surface area contributed by atoms with Gasteiger partial charge in [0.25, 0.3) is 0 Å². The summed E-state index contributed by atoms with van der Waals surface area (Å²) < 4.78 is 1.70. The molecule has 0 atom stereocenters. The van der Waals surface area contributed by atoms with Crippen molar-refractivity contribution in [3.8, 4) is 0 Å². The molecule has 0 saturated carbocycles. The van der Waals surface area contributed by atoms with Crippen molar-refractivity contribution in [3.05, 3.63) is 63.1 Å². The van der Waals surface area contributed by atoms with Crippen LogP contribution in [0, 0.1) is 20.8 Å². The van der Waals surface area contributed by atoms with Crippen LogP contribution in [0.3, 0.4) is 0 Å². The lowest BCUT2D eigenvalue weighted by Gasteiger charge is -2.15. The lowest BCUT2D eigenvalue weighted by atomic mass is 10.1. The molecule has 0 bridgehead atoms. The van der Waals surface area contributed by atoms with E-state index in [0.717, 1.165) is 5.56 Å². The molecule has 0 radical (unpaired) electrons. The van der Waals surface area contributed by atoms with Crippen LogP contribution in [-0.4, -0.2) is 21.6 Å². The molecule has 0 aliphatic heterocycles. The first-order valence-corrected chi connectivity index (χ1v) is 7.10. The Bertz CT molecular complexity index is 811. The zero-order valence-corrected chi connectivity index (χ0v) is 13.2. The number of nitrogens with one attached hydrogen (secondary N) is 1. The number of carbonyl (C=O) groups is 2. The number of carboxylic acids is 1. The first kappa shape index (κ1) is 16.5. The van der Waals surface area contributed by atoms with Gasteiger partial charge in [0.1, 0.15) is 6.54 Å². The fourth-order valence-corrected chi connectivity index (χ4v) is 2.41. The van der Waals surface area contributed by atoms with Gasteiger partial charge in [0.05, 0.1) is 11.3 Å². The molecule has 1 heterocycles. The molecule has 0 aliphatic rings. The zero-order chi connectivity index (χ0) is 17.1. The first-order chi connectivity index (χ1) is 10.8. The third kappa shape index (κ3) is 3.85. The van der Waals surface area contributed by atoms with E-state index in [1.807, 2.05) is 0 Å². The predicted molar refractivity (Wildman–Crippen MR) is 86.9 cm³/mol. The molecular weight excluding hydrogens is 296 g/mol. The minimum absolute atomic E-state index is 0.00484. The molecule has 1 aromatic heterocycles. The van der Waals surface area contributed by atoms with Crippen LogP contribution in [-0.2, 0) is 11.3 Å². The van der Waals surface area contributed by atoms with Crippen LogP contribution in [0.2, 0.25) is 0 Å². The fourth-order valence-electron chi connectivity index (χ4n) is 2.41. The van der Waals surface area contributed by atoms with Gasteiger partial charge >= 0.3 is 5.97 Å². The van der Waals surface area contributed by atoms with E-state index < -0.39 is 5.97 Å². The lowest BCUT2D eigenvalue weighted by molar-refractivity contribution is -0.116. The van der Waals surface area contributed by atoms with Gasteiger partial charge in [0.15, 0.2) is 5.43 Å².